The van der Waals surface area contributed by atoms with E-state index in [9.17, 15) is 4.79 Å². The number of nitrogens with zero attached hydrogens (tertiary/aromatic N) is 4. The molecular formula is C22H19N5O3. The number of morpholine rings is 1. The van der Waals surface area contributed by atoms with Crippen LogP contribution in [0.25, 0.3) is 28.3 Å². The maximum Gasteiger partial charge on any atom is 0.248 e. The predicted octanol–water partition coefficient (Wildman–Crippen LogP) is 3.26. The number of anilines is 2. The molecular weight excluding hydrogens is 382 g/mol. The van der Waals surface area contributed by atoms with E-state index in [0.29, 0.717) is 54.8 Å². The lowest BCUT2D eigenvalue weighted by atomic mass is 10.2. The van der Waals surface area contributed by atoms with E-state index in [2.05, 4.69) is 25.2 Å². The maximum atomic E-state index is 12.3. The molecule has 1 aliphatic heterocycles. The molecule has 1 saturated heterocycles. The zero-order chi connectivity index (χ0) is 20.3. The minimum Gasteiger partial charge on any atom is -0.432 e. The monoisotopic (exact) mass is 401 g/mol. The Morgan fingerprint density at radius 1 is 1.07 bits per heavy atom. The highest BCUT2D eigenvalue weighted by molar-refractivity contribution is 6.05. The van der Waals surface area contributed by atoms with Crippen molar-refractivity contribution in [3.63, 3.8) is 0 Å². The second-order valence-electron chi connectivity index (χ2n) is 6.83. The van der Waals surface area contributed by atoms with Gasteiger partial charge >= 0.3 is 0 Å². The fourth-order valence-electron chi connectivity index (χ4n) is 3.40. The molecule has 30 heavy (non-hydrogen) atoms. The number of carbonyl (C=O) groups is 1. The Labute approximate surface area is 172 Å². The Hall–Kier alpha value is -3.78. The van der Waals surface area contributed by atoms with E-state index in [1.807, 2.05) is 42.5 Å². The summed E-state index contributed by atoms with van der Waals surface area (Å²) in [6, 6.07) is 13.0. The molecule has 1 aliphatic rings. The van der Waals surface area contributed by atoms with Gasteiger partial charge in [-0.15, -0.1) is 0 Å². The van der Waals surface area contributed by atoms with Crippen molar-refractivity contribution in [2.75, 3.05) is 36.5 Å². The number of rotatable bonds is 4. The van der Waals surface area contributed by atoms with Crippen molar-refractivity contribution in [3.05, 3.63) is 60.6 Å². The van der Waals surface area contributed by atoms with E-state index in [1.165, 1.54) is 6.08 Å². The predicted molar refractivity (Wildman–Crippen MR) is 114 cm³/mol. The van der Waals surface area contributed by atoms with E-state index in [0.717, 1.165) is 11.1 Å². The van der Waals surface area contributed by atoms with Crippen molar-refractivity contribution in [1.82, 2.24) is 15.0 Å². The summed E-state index contributed by atoms with van der Waals surface area (Å²) in [6.07, 6.45) is 4.72. The summed E-state index contributed by atoms with van der Waals surface area (Å²) in [5.41, 5.74) is 2.51. The largest absolute Gasteiger partial charge is 0.432 e. The van der Waals surface area contributed by atoms with Crippen LogP contribution in [0.4, 0.5) is 11.5 Å². The Morgan fingerprint density at radius 3 is 2.73 bits per heavy atom. The van der Waals surface area contributed by atoms with E-state index in [-0.39, 0.29) is 5.91 Å². The minimum absolute atomic E-state index is 0.253. The van der Waals surface area contributed by atoms with Crippen LogP contribution in [0.1, 0.15) is 5.82 Å². The number of para-hydroxylation sites is 1. The number of benzene rings is 1. The molecule has 0 aliphatic carbocycles. The van der Waals surface area contributed by atoms with Crippen LogP contribution in [-0.4, -0.2) is 47.2 Å². The van der Waals surface area contributed by atoms with Crippen LogP contribution in [0.15, 0.2) is 59.2 Å². The smallest absolute Gasteiger partial charge is 0.248 e. The number of hydrogen-bond donors (Lipinski definition) is 1. The third-order valence-electron chi connectivity index (χ3n) is 4.83. The fourth-order valence-corrected chi connectivity index (χ4v) is 3.40. The standard InChI is InChI=1S/C22H19N5O3/c28-18(24-15-5-2-1-3-6-15)9-8-17-25-19-16-7-4-10-23-22(16)30-20(19)21(26-17)27-11-13-29-14-12-27/h1-10H,11-14H2,(H,24,28)/b9-8-. The number of carbonyl (C=O) groups excluding carboxylic acids is 1. The molecule has 0 saturated carbocycles. The average molecular weight is 401 g/mol. The van der Waals surface area contributed by atoms with Crippen LogP contribution >= 0.6 is 0 Å². The first-order valence-electron chi connectivity index (χ1n) is 9.70. The molecule has 1 amide bonds. The average Bonchev–Trinajstić information content (AvgIpc) is 3.17. The van der Waals surface area contributed by atoms with Crippen molar-refractivity contribution in [2.45, 2.75) is 0 Å². The van der Waals surface area contributed by atoms with E-state index >= 15 is 0 Å². The van der Waals surface area contributed by atoms with Crippen molar-refractivity contribution >= 4 is 45.7 Å². The quantitative estimate of drug-likeness (QED) is 0.525. The maximum absolute atomic E-state index is 12.3. The van der Waals surface area contributed by atoms with Crippen LogP contribution in [0, 0.1) is 0 Å². The number of fused-ring (bicyclic) bond motifs is 3. The second-order valence-corrected chi connectivity index (χ2v) is 6.83. The lowest BCUT2D eigenvalue weighted by molar-refractivity contribution is -0.111. The summed E-state index contributed by atoms with van der Waals surface area (Å²) in [5.74, 6) is 0.861. The van der Waals surface area contributed by atoms with Crippen molar-refractivity contribution < 1.29 is 13.9 Å². The molecule has 5 rings (SSSR count). The third kappa shape index (κ3) is 3.60. The van der Waals surface area contributed by atoms with Gasteiger partial charge in [0.2, 0.25) is 11.6 Å². The normalized spacial score (nSPS) is 14.6. The molecule has 1 aromatic carbocycles. The molecule has 4 heterocycles. The first-order valence-corrected chi connectivity index (χ1v) is 9.70. The highest BCUT2D eigenvalue weighted by Crippen LogP contribution is 2.32. The van der Waals surface area contributed by atoms with Crippen LogP contribution in [-0.2, 0) is 9.53 Å². The molecule has 8 nitrogen and oxygen atoms in total. The highest BCUT2D eigenvalue weighted by atomic mass is 16.5. The lowest BCUT2D eigenvalue weighted by Crippen LogP contribution is -2.37. The summed E-state index contributed by atoms with van der Waals surface area (Å²) in [4.78, 5) is 28.0. The van der Waals surface area contributed by atoms with Crippen molar-refractivity contribution in [3.8, 4) is 0 Å². The second kappa shape index (κ2) is 7.92. The Balaban J connectivity index is 1.52. The van der Waals surface area contributed by atoms with Crippen LogP contribution < -0.4 is 10.2 Å². The Morgan fingerprint density at radius 2 is 1.90 bits per heavy atom. The van der Waals surface area contributed by atoms with E-state index in [4.69, 9.17) is 9.15 Å². The van der Waals surface area contributed by atoms with Gasteiger partial charge in [-0.05, 0) is 30.3 Å². The molecule has 0 atom stereocenters. The van der Waals surface area contributed by atoms with Gasteiger partial charge in [0, 0.05) is 31.0 Å². The number of nitrogens with one attached hydrogen (secondary N) is 1. The first-order chi connectivity index (χ1) is 14.8. The minimum atomic E-state index is -0.253. The number of pyridine rings is 1. The summed E-state index contributed by atoms with van der Waals surface area (Å²) < 4.78 is 11.4. The molecule has 0 spiro atoms. The van der Waals surface area contributed by atoms with Crippen LogP contribution in [0.2, 0.25) is 0 Å². The number of hydrogen-bond acceptors (Lipinski definition) is 7. The number of furan rings is 1. The lowest BCUT2D eigenvalue weighted by Gasteiger charge is -2.27. The first kappa shape index (κ1) is 18.3. The fraction of sp³-hybridized carbons (Fsp3) is 0.182. The molecule has 1 N–H and O–H groups in total. The van der Waals surface area contributed by atoms with Crippen LogP contribution in [0.5, 0.6) is 0 Å². The van der Waals surface area contributed by atoms with Crippen LogP contribution in [0.3, 0.4) is 0 Å². The van der Waals surface area contributed by atoms with Crippen molar-refractivity contribution in [2.24, 2.45) is 0 Å². The number of ether oxygens (including phenoxy) is 1. The SMILES string of the molecule is O=C(/C=C\c1nc(N2CCOCC2)c2oc3ncccc3c2n1)Nc1ccccc1. The Bertz CT molecular complexity index is 1230. The molecule has 3 aromatic heterocycles. The third-order valence-corrected chi connectivity index (χ3v) is 4.83. The topological polar surface area (TPSA) is 93.4 Å². The molecule has 0 radical (unpaired) electrons. The zero-order valence-electron chi connectivity index (χ0n) is 16.1. The van der Waals surface area contributed by atoms with Gasteiger partial charge in [-0.3, -0.25) is 4.79 Å². The summed E-state index contributed by atoms with van der Waals surface area (Å²) in [6.45, 7) is 2.64. The van der Waals surface area contributed by atoms with Gasteiger partial charge in [0.25, 0.3) is 0 Å². The Kier molecular flexibility index (Phi) is 4.82. The van der Waals surface area contributed by atoms with Gasteiger partial charge in [0.05, 0.1) is 18.6 Å². The van der Waals surface area contributed by atoms with Gasteiger partial charge in [-0.1, -0.05) is 18.2 Å². The summed E-state index contributed by atoms with van der Waals surface area (Å²) in [7, 11) is 0. The van der Waals surface area contributed by atoms with Gasteiger partial charge in [-0.25, -0.2) is 15.0 Å². The highest BCUT2D eigenvalue weighted by Gasteiger charge is 2.21. The van der Waals surface area contributed by atoms with Crippen molar-refractivity contribution in [1.29, 1.82) is 0 Å². The molecule has 1 fully saturated rings. The number of aromatic nitrogens is 3. The van der Waals surface area contributed by atoms with Gasteiger partial charge in [-0.2, -0.15) is 0 Å². The van der Waals surface area contributed by atoms with Gasteiger partial charge in [0.1, 0.15) is 5.52 Å². The number of amides is 1. The molecule has 4 aromatic rings. The van der Waals surface area contributed by atoms with Gasteiger partial charge in [0.15, 0.2) is 17.2 Å². The zero-order valence-corrected chi connectivity index (χ0v) is 16.1. The summed E-state index contributed by atoms with van der Waals surface area (Å²) in [5, 5.41) is 3.63. The van der Waals surface area contributed by atoms with E-state index < -0.39 is 0 Å². The molecule has 0 unspecified atom stereocenters. The summed E-state index contributed by atoms with van der Waals surface area (Å²) >= 11 is 0. The van der Waals surface area contributed by atoms with Gasteiger partial charge < -0.3 is 19.4 Å². The molecule has 150 valence electrons. The molecule has 0 bridgehead atoms. The molecule has 8 heteroatoms. The van der Waals surface area contributed by atoms with E-state index in [1.54, 1.807) is 12.3 Å².